The summed E-state index contributed by atoms with van der Waals surface area (Å²) >= 11 is 0. The number of carbonyl (C=O) groups is 1. The molecule has 0 rings (SSSR count). The first-order valence-corrected chi connectivity index (χ1v) is 6.45. The minimum Gasteiger partial charge on any atom is -0.400 e. The number of rotatable bonds is 9. The molecule has 0 bridgehead atoms. The molecule has 7 heteroatoms. The molecule has 0 spiro atoms. The molecule has 1 atom stereocenters. The first-order chi connectivity index (χ1) is 7.20. The zero-order valence-electron chi connectivity index (χ0n) is 9.32. The lowest BCUT2D eigenvalue weighted by Gasteiger charge is -2.15. The molecule has 0 fully saturated rings. The Hall–Kier alpha value is -0.633. The van der Waals surface area contributed by atoms with E-state index < -0.39 is 15.8 Å². The van der Waals surface area contributed by atoms with Crippen LogP contribution in [0.15, 0.2) is 0 Å². The fourth-order valence-electron chi connectivity index (χ4n) is 0.982. The number of amides is 2. The lowest BCUT2D eigenvalue weighted by molar-refractivity contribution is -0.0678. The maximum absolute atomic E-state index is 10.3. The SMILES string of the molecule is COCCC(OC)O[SiH2]CCNC(N)=O. The van der Waals surface area contributed by atoms with Crippen LogP contribution in [0.3, 0.4) is 0 Å². The van der Waals surface area contributed by atoms with Crippen LogP contribution in [0.1, 0.15) is 6.42 Å². The molecule has 0 aromatic rings. The molecular weight excluding hydrogens is 216 g/mol. The minimum absolute atomic E-state index is 0.190. The second-order valence-electron chi connectivity index (χ2n) is 2.96. The van der Waals surface area contributed by atoms with Gasteiger partial charge in [-0.2, -0.15) is 0 Å². The highest BCUT2D eigenvalue weighted by Crippen LogP contribution is 1.99. The standard InChI is InChI=1S/C8H20N2O4Si/c1-12-5-3-7(13-2)14-15-6-4-10-8(9)11/h7H,3-6,15H2,1-2H3,(H3,9,10,11). The van der Waals surface area contributed by atoms with Gasteiger partial charge >= 0.3 is 6.03 Å². The van der Waals surface area contributed by atoms with Gasteiger partial charge in [0.1, 0.15) is 6.29 Å². The van der Waals surface area contributed by atoms with Gasteiger partial charge in [-0.15, -0.1) is 0 Å². The molecule has 90 valence electrons. The Balaban J connectivity index is 3.33. The van der Waals surface area contributed by atoms with E-state index in [9.17, 15) is 4.79 Å². The Morgan fingerprint density at radius 3 is 2.80 bits per heavy atom. The van der Waals surface area contributed by atoms with Crippen LogP contribution in [0.5, 0.6) is 0 Å². The molecular formula is C8H20N2O4Si. The van der Waals surface area contributed by atoms with E-state index in [4.69, 9.17) is 19.6 Å². The Morgan fingerprint density at radius 2 is 2.27 bits per heavy atom. The summed E-state index contributed by atoms with van der Waals surface area (Å²) in [5.74, 6) is 0. The highest BCUT2D eigenvalue weighted by atomic mass is 28.2. The van der Waals surface area contributed by atoms with Crippen molar-refractivity contribution in [3.8, 4) is 0 Å². The zero-order chi connectivity index (χ0) is 11.5. The molecule has 0 aromatic carbocycles. The number of nitrogens with one attached hydrogen (secondary N) is 1. The molecule has 3 N–H and O–H groups in total. The summed E-state index contributed by atoms with van der Waals surface area (Å²) < 4.78 is 15.5. The number of carbonyl (C=O) groups excluding carboxylic acids is 1. The molecule has 0 aromatic heterocycles. The molecule has 0 heterocycles. The molecule has 0 radical (unpaired) electrons. The van der Waals surface area contributed by atoms with E-state index in [2.05, 4.69) is 5.32 Å². The van der Waals surface area contributed by atoms with E-state index >= 15 is 0 Å². The van der Waals surface area contributed by atoms with Gasteiger partial charge in [-0.3, -0.25) is 0 Å². The Kier molecular flexibility index (Phi) is 9.49. The summed E-state index contributed by atoms with van der Waals surface area (Å²) in [7, 11) is 2.58. The van der Waals surface area contributed by atoms with Crippen LogP contribution in [-0.4, -0.2) is 49.5 Å². The average molecular weight is 236 g/mol. The topological polar surface area (TPSA) is 82.8 Å². The van der Waals surface area contributed by atoms with Crippen molar-refractivity contribution in [1.29, 1.82) is 0 Å². The van der Waals surface area contributed by atoms with Crippen LogP contribution in [0.4, 0.5) is 4.79 Å². The van der Waals surface area contributed by atoms with Gasteiger partial charge in [-0.05, 0) is 6.04 Å². The maximum atomic E-state index is 10.3. The molecule has 0 aliphatic heterocycles. The summed E-state index contributed by atoms with van der Waals surface area (Å²) in [6.45, 7) is 1.19. The molecule has 0 aliphatic carbocycles. The van der Waals surface area contributed by atoms with Crippen molar-refractivity contribution < 1.29 is 18.7 Å². The molecule has 6 nitrogen and oxygen atoms in total. The van der Waals surface area contributed by atoms with Gasteiger partial charge in [-0.25, -0.2) is 4.79 Å². The summed E-state index contributed by atoms with van der Waals surface area (Å²) in [4.78, 5) is 10.3. The molecule has 2 amide bonds. The summed E-state index contributed by atoms with van der Waals surface area (Å²) in [5.41, 5.74) is 4.91. The van der Waals surface area contributed by atoms with Gasteiger partial charge in [0.05, 0.1) is 6.61 Å². The summed E-state index contributed by atoms with van der Waals surface area (Å²) in [5, 5.41) is 2.51. The van der Waals surface area contributed by atoms with E-state index in [-0.39, 0.29) is 6.29 Å². The van der Waals surface area contributed by atoms with Crippen molar-refractivity contribution in [1.82, 2.24) is 5.32 Å². The quantitative estimate of drug-likeness (QED) is 0.311. The molecule has 1 unspecified atom stereocenters. The monoisotopic (exact) mass is 236 g/mol. The largest absolute Gasteiger partial charge is 0.400 e. The number of primary amides is 1. The first kappa shape index (κ1) is 14.4. The fourth-order valence-corrected chi connectivity index (χ4v) is 2.04. The van der Waals surface area contributed by atoms with E-state index in [1.165, 1.54) is 0 Å². The van der Waals surface area contributed by atoms with Crippen molar-refractivity contribution in [2.24, 2.45) is 5.73 Å². The van der Waals surface area contributed by atoms with Crippen LogP contribution in [0.25, 0.3) is 0 Å². The normalized spacial score (nSPS) is 13.2. The summed E-state index contributed by atoms with van der Waals surface area (Å²) in [6.07, 6.45) is 0.536. The van der Waals surface area contributed by atoms with Crippen LogP contribution in [0, 0.1) is 0 Å². The van der Waals surface area contributed by atoms with Crippen LogP contribution < -0.4 is 11.1 Å². The predicted molar refractivity (Wildman–Crippen MR) is 59.3 cm³/mol. The third-order valence-corrected chi connectivity index (χ3v) is 2.99. The predicted octanol–water partition coefficient (Wildman–Crippen LogP) is -0.818. The van der Waals surface area contributed by atoms with Crippen molar-refractivity contribution in [2.45, 2.75) is 18.8 Å². The van der Waals surface area contributed by atoms with Crippen molar-refractivity contribution >= 4 is 15.8 Å². The van der Waals surface area contributed by atoms with Crippen LogP contribution in [-0.2, 0) is 13.9 Å². The first-order valence-electron chi connectivity index (χ1n) is 4.87. The summed E-state index contributed by atoms with van der Waals surface area (Å²) in [6, 6.07) is 0.349. The van der Waals surface area contributed by atoms with Gasteiger partial charge < -0.3 is 25.0 Å². The molecule has 0 saturated carbocycles. The maximum Gasteiger partial charge on any atom is 0.312 e. The third kappa shape index (κ3) is 9.67. The lowest BCUT2D eigenvalue weighted by Crippen LogP contribution is -2.31. The molecule has 0 saturated heterocycles. The second-order valence-corrected chi connectivity index (χ2v) is 4.41. The number of methoxy groups -OCH3 is 2. The average Bonchev–Trinajstić information content (AvgIpc) is 2.21. The smallest absolute Gasteiger partial charge is 0.312 e. The van der Waals surface area contributed by atoms with E-state index in [0.29, 0.717) is 13.2 Å². The lowest BCUT2D eigenvalue weighted by atomic mass is 10.4. The molecule has 0 aliphatic rings. The highest BCUT2D eigenvalue weighted by molar-refractivity contribution is 6.27. The number of nitrogens with two attached hydrogens (primary N) is 1. The van der Waals surface area contributed by atoms with Crippen LogP contribution >= 0.6 is 0 Å². The van der Waals surface area contributed by atoms with Crippen molar-refractivity contribution in [3.05, 3.63) is 0 Å². The molecule has 15 heavy (non-hydrogen) atoms. The Bertz CT molecular complexity index is 171. The number of hydrogen-bond acceptors (Lipinski definition) is 4. The van der Waals surface area contributed by atoms with Crippen molar-refractivity contribution in [2.75, 3.05) is 27.4 Å². The Morgan fingerprint density at radius 1 is 1.53 bits per heavy atom. The Labute approximate surface area is 92.4 Å². The van der Waals surface area contributed by atoms with Gasteiger partial charge in [0, 0.05) is 27.2 Å². The van der Waals surface area contributed by atoms with Gasteiger partial charge in [0.25, 0.3) is 0 Å². The number of ether oxygens (including phenoxy) is 2. The van der Waals surface area contributed by atoms with Crippen LogP contribution in [0.2, 0.25) is 6.04 Å². The zero-order valence-corrected chi connectivity index (χ0v) is 10.7. The number of urea groups is 1. The number of hydrogen-bond donors (Lipinski definition) is 2. The van der Waals surface area contributed by atoms with Gasteiger partial charge in [-0.1, -0.05) is 0 Å². The highest BCUT2D eigenvalue weighted by Gasteiger charge is 2.06. The van der Waals surface area contributed by atoms with Gasteiger partial charge in [0.2, 0.25) is 0 Å². The van der Waals surface area contributed by atoms with E-state index in [1.807, 2.05) is 0 Å². The second kappa shape index (κ2) is 9.90. The minimum atomic E-state index is -0.669. The van der Waals surface area contributed by atoms with Gasteiger partial charge in [0.15, 0.2) is 9.76 Å². The van der Waals surface area contributed by atoms with Crippen molar-refractivity contribution in [3.63, 3.8) is 0 Å². The van der Waals surface area contributed by atoms with E-state index in [1.54, 1.807) is 14.2 Å². The third-order valence-electron chi connectivity index (χ3n) is 1.74. The fraction of sp³-hybridized carbons (Fsp3) is 0.875. The van der Waals surface area contributed by atoms with E-state index in [0.717, 1.165) is 12.5 Å².